The predicted molar refractivity (Wildman–Crippen MR) is 75.5 cm³/mol. The molecule has 1 heterocycles. The Morgan fingerprint density at radius 3 is 2.29 bits per heavy atom. The third-order valence-corrected chi connectivity index (χ3v) is 3.73. The molecular weight excluding hydrogens is 210 g/mol. The van der Waals surface area contributed by atoms with Gasteiger partial charge in [0.15, 0.2) is 0 Å². The third kappa shape index (κ3) is 6.39. The normalized spacial score (nSPS) is 18.5. The lowest BCUT2D eigenvalue weighted by molar-refractivity contribution is 0.163. The van der Waals surface area contributed by atoms with Crippen LogP contribution in [-0.2, 0) is 0 Å². The van der Waals surface area contributed by atoms with E-state index < -0.39 is 0 Å². The monoisotopic (exact) mass is 241 g/mol. The minimum atomic E-state index is 0.687. The van der Waals surface area contributed by atoms with Gasteiger partial charge >= 0.3 is 0 Å². The number of hydrogen-bond donors (Lipinski definition) is 1. The average Bonchev–Trinajstić information content (AvgIpc) is 2.28. The van der Waals surface area contributed by atoms with Crippen LogP contribution in [0.2, 0.25) is 0 Å². The van der Waals surface area contributed by atoms with Gasteiger partial charge in [-0.2, -0.15) is 0 Å². The van der Waals surface area contributed by atoms with Crippen LogP contribution in [0.25, 0.3) is 0 Å². The van der Waals surface area contributed by atoms with Gasteiger partial charge in [-0.1, -0.05) is 0 Å². The van der Waals surface area contributed by atoms with Crippen LogP contribution in [-0.4, -0.2) is 62.7 Å². The summed E-state index contributed by atoms with van der Waals surface area (Å²) >= 11 is 0. The fourth-order valence-corrected chi connectivity index (χ4v) is 2.55. The highest BCUT2D eigenvalue weighted by atomic mass is 15.2. The van der Waals surface area contributed by atoms with Crippen molar-refractivity contribution in [3.8, 4) is 0 Å². The van der Waals surface area contributed by atoms with Gasteiger partial charge in [-0.05, 0) is 79.3 Å². The third-order valence-electron chi connectivity index (χ3n) is 3.73. The van der Waals surface area contributed by atoms with E-state index in [1.54, 1.807) is 0 Å². The first-order valence-corrected chi connectivity index (χ1v) is 7.19. The summed E-state index contributed by atoms with van der Waals surface area (Å²) in [4.78, 5) is 4.95. The summed E-state index contributed by atoms with van der Waals surface area (Å²) in [6.07, 6.45) is 4.00. The van der Waals surface area contributed by atoms with Crippen LogP contribution in [0.3, 0.4) is 0 Å². The first-order valence-electron chi connectivity index (χ1n) is 7.19. The molecule has 0 saturated carbocycles. The fourth-order valence-electron chi connectivity index (χ4n) is 2.55. The highest BCUT2D eigenvalue weighted by Crippen LogP contribution is 2.15. The van der Waals surface area contributed by atoms with Crippen LogP contribution in [0.4, 0.5) is 0 Å². The highest BCUT2D eigenvalue weighted by molar-refractivity contribution is 4.74. The molecule has 0 unspecified atom stereocenters. The van der Waals surface area contributed by atoms with E-state index >= 15 is 0 Å². The Kier molecular flexibility index (Phi) is 7.09. The maximum Gasteiger partial charge on any atom is 0.00387 e. The molecule has 17 heavy (non-hydrogen) atoms. The summed E-state index contributed by atoms with van der Waals surface area (Å²) < 4.78 is 0. The Balaban J connectivity index is 2.26. The summed E-state index contributed by atoms with van der Waals surface area (Å²) in [6.45, 7) is 10.8. The van der Waals surface area contributed by atoms with Gasteiger partial charge in [0.2, 0.25) is 0 Å². The van der Waals surface area contributed by atoms with E-state index in [0.717, 1.165) is 5.92 Å². The Hall–Kier alpha value is -0.120. The van der Waals surface area contributed by atoms with Gasteiger partial charge in [-0.25, -0.2) is 0 Å². The van der Waals surface area contributed by atoms with Gasteiger partial charge < -0.3 is 15.1 Å². The minimum absolute atomic E-state index is 0.687. The van der Waals surface area contributed by atoms with E-state index in [1.165, 1.54) is 52.0 Å². The van der Waals surface area contributed by atoms with Crippen LogP contribution >= 0.6 is 0 Å². The summed E-state index contributed by atoms with van der Waals surface area (Å²) in [5.41, 5.74) is 0. The zero-order chi connectivity index (χ0) is 12.7. The van der Waals surface area contributed by atoms with Crippen molar-refractivity contribution in [3.63, 3.8) is 0 Å². The molecule has 102 valence electrons. The minimum Gasteiger partial charge on any atom is -0.317 e. The second kappa shape index (κ2) is 8.06. The van der Waals surface area contributed by atoms with E-state index in [-0.39, 0.29) is 0 Å². The van der Waals surface area contributed by atoms with Gasteiger partial charge in [-0.15, -0.1) is 0 Å². The number of nitrogens with one attached hydrogen (secondary N) is 1. The molecule has 0 atom stereocenters. The van der Waals surface area contributed by atoms with E-state index in [2.05, 4.69) is 43.1 Å². The molecule has 1 fully saturated rings. The summed E-state index contributed by atoms with van der Waals surface area (Å²) in [5.74, 6) is 0.915. The molecular formula is C14H31N3. The molecule has 1 aliphatic heterocycles. The van der Waals surface area contributed by atoms with Crippen LogP contribution in [0.15, 0.2) is 0 Å². The Morgan fingerprint density at radius 2 is 1.76 bits per heavy atom. The molecule has 3 nitrogen and oxygen atoms in total. The Morgan fingerprint density at radius 1 is 1.12 bits per heavy atom. The molecule has 0 radical (unpaired) electrons. The molecule has 0 spiro atoms. The number of rotatable bonds is 7. The van der Waals surface area contributed by atoms with Gasteiger partial charge in [0.25, 0.3) is 0 Å². The summed E-state index contributed by atoms with van der Waals surface area (Å²) in [7, 11) is 4.32. The lowest BCUT2D eigenvalue weighted by Crippen LogP contribution is -2.40. The molecule has 1 saturated heterocycles. The summed E-state index contributed by atoms with van der Waals surface area (Å²) in [6, 6.07) is 0.687. The van der Waals surface area contributed by atoms with Gasteiger partial charge in [-0.3, -0.25) is 0 Å². The lowest BCUT2D eigenvalue weighted by atomic mass is 9.97. The van der Waals surface area contributed by atoms with E-state index in [1.807, 2.05) is 0 Å². The molecule has 0 aromatic heterocycles. The smallest absolute Gasteiger partial charge is 0.00387 e. The van der Waals surface area contributed by atoms with E-state index in [0.29, 0.717) is 6.04 Å². The first-order chi connectivity index (χ1) is 8.09. The standard InChI is InChI=1S/C14H31N3/c1-13(2)17(11-5-10-16(3)4)12-14-6-8-15-9-7-14/h13-15H,5-12H2,1-4H3. The van der Waals surface area contributed by atoms with E-state index in [9.17, 15) is 0 Å². The first kappa shape index (κ1) is 14.9. The molecule has 0 aromatic rings. The van der Waals surface area contributed by atoms with Crippen molar-refractivity contribution >= 4 is 0 Å². The largest absolute Gasteiger partial charge is 0.317 e. The summed E-state index contributed by atoms with van der Waals surface area (Å²) in [5, 5.41) is 3.45. The zero-order valence-electron chi connectivity index (χ0n) is 12.2. The number of nitrogens with zero attached hydrogens (tertiary/aromatic N) is 2. The van der Waals surface area contributed by atoms with Crippen molar-refractivity contribution in [2.24, 2.45) is 5.92 Å². The molecule has 0 bridgehead atoms. The molecule has 0 amide bonds. The molecule has 0 aromatic carbocycles. The number of piperidine rings is 1. The quantitative estimate of drug-likeness (QED) is 0.731. The van der Waals surface area contributed by atoms with Crippen molar-refractivity contribution in [1.29, 1.82) is 0 Å². The molecule has 0 aliphatic carbocycles. The van der Waals surface area contributed by atoms with Crippen molar-refractivity contribution in [2.45, 2.75) is 39.2 Å². The van der Waals surface area contributed by atoms with E-state index in [4.69, 9.17) is 0 Å². The molecule has 1 aliphatic rings. The second-order valence-corrected chi connectivity index (χ2v) is 5.94. The van der Waals surface area contributed by atoms with Gasteiger partial charge in [0.1, 0.15) is 0 Å². The lowest BCUT2D eigenvalue weighted by Gasteiger charge is -2.33. The second-order valence-electron chi connectivity index (χ2n) is 5.94. The van der Waals surface area contributed by atoms with Crippen molar-refractivity contribution in [1.82, 2.24) is 15.1 Å². The highest BCUT2D eigenvalue weighted by Gasteiger charge is 2.18. The van der Waals surface area contributed by atoms with Gasteiger partial charge in [0.05, 0.1) is 0 Å². The van der Waals surface area contributed by atoms with Crippen LogP contribution in [0, 0.1) is 5.92 Å². The van der Waals surface area contributed by atoms with Gasteiger partial charge in [0, 0.05) is 12.6 Å². The average molecular weight is 241 g/mol. The zero-order valence-corrected chi connectivity index (χ0v) is 12.2. The Bertz CT molecular complexity index is 186. The Labute approximate surface area is 108 Å². The molecule has 1 N–H and O–H groups in total. The maximum absolute atomic E-state index is 3.45. The van der Waals surface area contributed by atoms with Crippen LogP contribution < -0.4 is 5.32 Å². The molecule has 1 rings (SSSR count). The van der Waals surface area contributed by atoms with Crippen molar-refractivity contribution in [3.05, 3.63) is 0 Å². The SMILES string of the molecule is CC(C)N(CCCN(C)C)CC1CCNCC1. The van der Waals surface area contributed by atoms with Crippen molar-refractivity contribution < 1.29 is 0 Å². The van der Waals surface area contributed by atoms with Crippen LogP contribution in [0.5, 0.6) is 0 Å². The fraction of sp³-hybridized carbons (Fsp3) is 1.00. The maximum atomic E-state index is 3.45. The predicted octanol–water partition coefficient (Wildman–Crippen LogP) is 1.65. The molecule has 3 heteroatoms. The van der Waals surface area contributed by atoms with Crippen LogP contribution in [0.1, 0.15) is 33.1 Å². The van der Waals surface area contributed by atoms with Crippen molar-refractivity contribution in [2.75, 3.05) is 46.8 Å². The topological polar surface area (TPSA) is 18.5 Å². The number of hydrogen-bond acceptors (Lipinski definition) is 3.